The lowest BCUT2D eigenvalue weighted by Crippen LogP contribution is -2.35. The highest BCUT2D eigenvalue weighted by atomic mass is 19.1. The lowest BCUT2D eigenvalue weighted by Gasteiger charge is -2.16. The van der Waals surface area contributed by atoms with Gasteiger partial charge in [-0.2, -0.15) is 4.39 Å². The molecule has 1 unspecified atom stereocenters. The fourth-order valence-electron chi connectivity index (χ4n) is 1.90. The molecule has 114 valence electrons. The molecule has 2 aromatic carbocycles. The number of benzene rings is 2. The molecular formula is C15H13FN2O4. The molecule has 1 atom stereocenters. The average molecular weight is 304 g/mol. The van der Waals surface area contributed by atoms with E-state index in [1.54, 1.807) is 24.3 Å². The smallest absolute Gasteiger partial charge is 0.305 e. The molecule has 0 radical (unpaired) electrons. The second-order valence-electron chi connectivity index (χ2n) is 4.57. The van der Waals surface area contributed by atoms with Crippen molar-refractivity contribution in [2.45, 2.75) is 12.5 Å². The van der Waals surface area contributed by atoms with Gasteiger partial charge in [0, 0.05) is 18.6 Å². The Morgan fingerprint density at radius 2 is 1.95 bits per heavy atom. The van der Waals surface area contributed by atoms with Crippen LogP contribution in [0.2, 0.25) is 0 Å². The van der Waals surface area contributed by atoms with Gasteiger partial charge >= 0.3 is 5.69 Å². The molecule has 0 aliphatic heterocycles. The van der Waals surface area contributed by atoms with E-state index in [1.165, 1.54) is 6.07 Å². The van der Waals surface area contributed by atoms with Crippen LogP contribution in [0, 0.1) is 15.9 Å². The van der Waals surface area contributed by atoms with Gasteiger partial charge in [0.2, 0.25) is 5.82 Å². The van der Waals surface area contributed by atoms with Crippen molar-refractivity contribution in [3.05, 3.63) is 70.0 Å². The number of nitrogens with two attached hydrogens (primary N) is 1. The third-order valence-corrected chi connectivity index (χ3v) is 2.98. The Bertz CT molecular complexity index is 691. The van der Waals surface area contributed by atoms with Crippen molar-refractivity contribution in [3.63, 3.8) is 0 Å². The molecule has 2 aromatic rings. The first kappa shape index (κ1) is 15.4. The number of nitrogens with zero attached hydrogens (tertiary/aromatic N) is 1. The van der Waals surface area contributed by atoms with Gasteiger partial charge in [0.15, 0.2) is 6.10 Å². The second-order valence-corrected chi connectivity index (χ2v) is 4.57. The van der Waals surface area contributed by atoms with E-state index in [4.69, 9.17) is 10.5 Å². The molecule has 22 heavy (non-hydrogen) atoms. The summed E-state index contributed by atoms with van der Waals surface area (Å²) < 4.78 is 18.9. The van der Waals surface area contributed by atoms with Crippen LogP contribution in [-0.4, -0.2) is 16.9 Å². The molecule has 2 N–H and O–H groups in total. The van der Waals surface area contributed by atoms with E-state index >= 15 is 0 Å². The minimum atomic E-state index is -1.04. The highest BCUT2D eigenvalue weighted by molar-refractivity contribution is 5.79. The minimum Gasteiger partial charge on any atom is -0.480 e. The SMILES string of the molecule is NC(=O)C(Cc1ccccc1)Oc1ccc([N+](=O)[O-])c(F)c1. The molecule has 0 aliphatic rings. The maximum Gasteiger partial charge on any atom is 0.305 e. The summed E-state index contributed by atoms with van der Waals surface area (Å²) in [4.78, 5) is 21.2. The maximum atomic E-state index is 13.5. The van der Waals surface area contributed by atoms with Crippen LogP contribution in [0.3, 0.4) is 0 Å². The largest absolute Gasteiger partial charge is 0.480 e. The van der Waals surface area contributed by atoms with Crippen molar-refractivity contribution in [3.8, 4) is 5.75 Å². The van der Waals surface area contributed by atoms with Gasteiger partial charge in [-0.15, -0.1) is 0 Å². The van der Waals surface area contributed by atoms with Crippen molar-refractivity contribution in [1.82, 2.24) is 0 Å². The molecule has 2 rings (SSSR count). The second kappa shape index (κ2) is 6.66. The van der Waals surface area contributed by atoms with Crippen LogP contribution < -0.4 is 10.5 Å². The lowest BCUT2D eigenvalue weighted by atomic mass is 10.1. The number of primary amides is 1. The third kappa shape index (κ3) is 3.78. The normalized spacial score (nSPS) is 11.7. The number of hydrogen-bond donors (Lipinski definition) is 1. The Morgan fingerprint density at radius 1 is 1.27 bits per heavy atom. The molecule has 0 fully saturated rings. The van der Waals surface area contributed by atoms with Crippen LogP contribution in [0.1, 0.15) is 5.56 Å². The molecule has 0 heterocycles. The van der Waals surface area contributed by atoms with E-state index < -0.39 is 28.4 Å². The summed E-state index contributed by atoms with van der Waals surface area (Å²) >= 11 is 0. The van der Waals surface area contributed by atoms with E-state index in [9.17, 15) is 19.3 Å². The Kier molecular flexibility index (Phi) is 4.67. The number of rotatable bonds is 6. The Hall–Kier alpha value is -2.96. The monoisotopic (exact) mass is 304 g/mol. The van der Waals surface area contributed by atoms with Crippen LogP contribution in [-0.2, 0) is 11.2 Å². The van der Waals surface area contributed by atoms with Crippen molar-refractivity contribution in [1.29, 1.82) is 0 Å². The van der Waals surface area contributed by atoms with Crippen molar-refractivity contribution in [2.24, 2.45) is 5.73 Å². The van der Waals surface area contributed by atoms with Gasteiger partial charge in [-0.1, -0.05) is 30.3 Å². The molecule has 0 spiro atoms. The number of carbonyl (C=O) groups is 1. The summed E-state index contributed by atoms with van der Waals surface area (Å²) in [6, 6.07) is 12.1. The predicted octanol–water partition coefficient (Wildman–Crippen LogP) is 2.21. The van der Waals surface area contributed by atoms with Gasteiger partial charge in [0.1, 0.15) is 5.75 Å². The van der Waals surface area contributed by atoms with Gasteiger partial charge in [-0.05, 0) is 11.6 Å². The van der Waals surface area contributed by atoms with Crippen LogP contribution in [0.15, 0.2) is 48.5 Å². The van der Waals surface area contributed by atoms with E-state index in [0.717, 1.165) is 17.7 Å². The summed E-state index contributed by atoms with van der Waals surface area (Å²) in [6.07, 6.45) is -0.780. The molecule has 0 saturated heterocycles. The fourth-order valence-corrected chi connectivity index (χ4v) is 1.90. The van der Waals surface area contributed by atoms with Gasteiger partial charge in [-0.25, -0.2) is 0 Å². The average Bonchev–Trinajstić information content (AvgIpc) is 2.47. The number of nitro benzene ring substituents is 1. The summed E-state index contributed by atoms with van der Waals surface area (Å²) in [5, 5.41) is 10.6. The van der Waals surface area contributed by atoms with Crippen molar-refractivity contribution in [2.75, 3.05) is 0 Å². The van der Waals surface area contributed by atoms with E-state index in [2.05, 4.69) is 0 Å². The Morgan fingerprint density at radius 3 is 2.50 bits per heavy atom. The molecule has 7 heteroatoms. The topological polar surface area (TPSA) is 95.5 Å². The van der Waals surface area contributed by atoms with Gasteiger partial charge in [-0.3, -0.25) is 14.9 Å². The quantitative estimate of drug-likeness (QED) is 0.653. The third-order valence-electron chi connectivity index (χ3n) is 2.98. The van der Waals surface area contributed by atoms with Crippen LogP contribution in [0.25, 0.3) is 0 Å². The standard InChI is InChI=1S/C15H13FN2O4/c16-12-9-11(6-7-13(12)18(20)21)22-14(15(17)19)8-10-4-2-1-3-5-10/h1-7,9,14H,8H2,(H2,17,19). The molecule has 0 bridgehead atoms. The Balaban J connectivity index is 2.16. The van der Waals surface area contributed by atoms with Gasteiger partial charge < -0.3 is 10.5 Å². The number of hydrogen-bond acceptors (Lipinski definition) is 4. The summed E-state index contributed by atoms with van der Waals surface area (Å²) in [7, 11) is 0. The molecule has 6 nitrogen and oxygen atoms in total. The number of ether oxygens (including phenoxy) is 1. The van der Waals surface area contributed by atoms with E-state index in [1.807, 2.05) is 6.07 Å². The zero-order valence-corrected chi connectivity index (χ0v) is 11.4. The van der Waals surface area contributed by atoms with Crippen LogP contribution in [0.5, 0.6) is 5.75 Å². The fraction of sp³-hybridized carbons (Fsp3) is 0.133. The van der Waals surface area contributed by atoms with Gasteiger partial charge in [0.05, 0.1) is 4.92 Å². The van der Waals surface area contributed by atoms with Crippen molar-refractivity contribution < 1.29 is 18.8 Å². The maximum absolute atomic E-state index is 13.5. The highest BCUT2D eigenvalue weighted by Gasteiger charge is 2.20. The molecular weight excluding hydrogens is 291 g/mol. The van der Waals surface area contributed by atoms with Gasteiger partial charge in [0.25, 0.3) is 5.91 Å². The molecule has 1 amide bonds. The first-order valence-electron chi connectivity index (χ1n) is 6.41. The number of halogens is 1. The first-order chi connectivity index (χ1) is 10.5. The molecule has 0 aromatic heterocycles. The molecule has 0 saturated carbocycles. The van der Waals surface area contributed by atoms with Crippen molar-refractivity contribution >= 4 is 11.6 Å². The summed E-state index contributed by atoms with van der Waals surface area (Å²) in [5.74, 6) is -1.74. The van der Waals surface area contributed by atoms with Crippen LogP contribution in [0.4, 0.5) is 10.1 Å². The zero-order valence-electron chi connectivity index (χ0n) is 11.4. The number of carbonyl (C=O) groups excluding carboxylic acids is 1. The highest BCUT2D eigenvalue weighted by Crippen LogP contribution is 2.23. The lowest BCUT2D eigenvalue weighted by molar-refractivity contribution is -0.387. The summed E-state index contributed by atoms with van der Waals surface area (Å²) in [6.45, 7) is 0. The zero-order chi connectivity index (χ0) is 16.1. The minimum absolute atomic E-state index is 0.00262. The summed E-state index contributed by atoms with van der Waals surface area (Å²) in [5.41, 5.74) is 5.45. The predicted molar refractivity (Wildman–Crippen MR) is 76.8 cm³/mol. The van der Waals surface area contributed by atoms with Crippen LogP contribution >= 0.6 is 0 Å². The first-order valence-corrected chi connectivity index (χ1v) is 6.41. The van der Waals surface area contributed by atoms with E-state index in [-0.39, 0.29) is 12.2 Å². The Labute approximate surface area is 125 Å². The number of nitro groups is 1. The molecule has 0 aliphatic carbocycles. The number of amides is 1. The van der Waals surface area contributed by atoms with E-state index in [0.29, 0.717) is 0 Å².